The zero-order valence-electron chi connectivity index (χ0n) is 23.5. The van der Waals surface area contributed by atoms with Crippen LogP contribution in [0.1, 0.15) is 99.3 Å². The Labute approximate surface area is 216 Å². The van der Waals surface area contributed by atoms with Crippen molar-refractivity contribution in [2.24, 2.45) is 11.8 Å². The summed E-state index contributed by atoms with van der Waals surface area (Å²) in [6.07, 6.45) is 10.4. The van der Waals surface area contributed by atoms with Gasteiger partial charge in [-0.1, -0.05) is 46.6 Å². The van der Waals surface area contributed by atoms with Crippen molar-refractivity contribution in [1.29, 1.82) is 0 Å². The second-order valence-corrected chi connectivity index (χ2v) is 15.8. The summed E-state index contributed by atoms with van der Waals surface area (Å²) < 4.78 is 12.6. The van der Waals surface area contributed by atoms with Crippen molar-refractivity contribution in [2.45, 2.75) is 130 Å². The van der Waals surface area contributed by atoms with Gasteiger partial charge >= 0.3 is 5.97 Å². The summed E-state index contributed by atoms with van der Waals surface area (Å²) in [4.78, 5) is 25.4. The normalized spacial score (nSPS) is 21.3. The maximum Gasteiger partial charge on any atom is 0.306 e. The molecule has 0 aromatic carbocycles. The van der Waals surface area contributed by atoms with Crippen LogP contribution < -0.4 is 0 Å². The zero-order chi connectivity index (χ0) is 26.5. The van der Waals surface area contributed by atoms with Crippen LogP contribution in [0.5, 0.6) is 0 Å². The number of rotatable bonds is 13. The van der Waals surface area contributed by atoms with E-state index < -0.39 is 8.32 Å². The summed E-state index contributed by atoms with van der Waals surface area (Å²) in [5.41, 5.74) is 0. The number of carbonyl (C=O) groups excluding carboxylic acids is 2. The lowest BCUT2D eigenvalue weighted by atomic mass is 9.90. The van der Waals surface area contributed by atoms with E-state index in [1.54, 1.807) is 0 Å². The smallest absolute Gasteiger partial charge is 0.306 e. The van der Waals surface area contributed by atoms with E-state index in [2.05, 4.69) is 70.5 Å². The van der Waals surface area contributed by atoms with Gasteiger partial charge in [-0.2, -0.15) is 0 Å². The molecule has 0 amide bonds. The van der Waals surface area contributed by atoms with E-state index in [0.717, 1.165) is 25.7 Å². The number of unbranched alkanes of at least 4 members (excludes halogenated alkanes) is 3. The Hall–Kier alpha value is -1.82. The average molecular weight is 501 g/mol. The van der Waals surface area contributed by atoms with E-state index in [0.29, 0.717) is 32.1 Å². The highest BCUT2D eigenvalue weighted by Gasteiger charge is 2.46. The Balaban J connectivity index is 3.08. The Morgan fingerprint density at radius 3 is 2.43 bits per heavy atom. The number of ether oxygens (including phenoxy) is 1. The van der Waals surface area contributed by atoms with Gasteiger partial charge < -0.3 is 9.16 Å². The molecule has 0 aliphatic heterocycles. The largest absolute Gasteiger partial charge is 0.458 e. The van der Waals surface area contributed by atoms with Crippen molar-refractivity contribution in [3.8, 4) is 23.7 Å². The lowest BCUT2D eigenvalue weighted by Gasteiger charge is -2.39. The van der Waals surface area contributed by atoms with Crippen molar-refractivity contribution in [1.82, 2.24) is 0 Å². The lowest BCUT2D eigenvalue weighted by molar-refractivity contribution is -0.147. The Morgan fingerprint density at radius 2 is 1.83 bits per heavy atom. The van der Waals surface area contributed by atoms with Crippen molar-refractivity contribution < 1.29 is 18.8 Å². The first-order valence-corrected chi connectivity index (χ1v) is 16.2. The number of esters is 1. The summed E-state index contributed by atoms with van der Waals surface area (Å²) in [6, 6.07) is 0. The minimum Gasteiger partial charge on any atom is -0.458 e. The summed E-state index contributed by atoms with van der Waals surface area (Å²) >= 11 is 0. The molecule has 35 heavy (non-hydrogen) atoms. The van der Waals surface area contributed by atoms with Crippen molar-refractivity contribution in [3.63, 3.8) is 0 Å². The third-order valence-electron chi connectivity index (χ3n) is 7.24. The van der Waals surface area contributed by atoms with E-state index in [1.807, 2.05) is 19.9 Å². The third-order valence-corrected chi connectivity index (χ3v) is 11.7. The van der Waals surface area contributed by atoms with Gasteiger partial charge in [-0.3, -0.25) is 9.59 Å². The molecule has 0 spiro atoms. The number of carbonyl (C=O) groups is 2. The average Bonchev–Trinajstić information content (AvgIpc) is 3.05. The van der Waals surface area contributed by atoms with Gasteiger partial charge in [0.05, 0.1) is 6.10 Å². The second-order valence-electron chi connectivity index (χ2n) is 11.1. The van der Waals surface area contributed by atoms with Crippen LogP contribution in [0.25, 0.3) is 0 Å². The van der Waals surface area contributed by atoms with E-state index in [4.69, 9.17) is 9.16 Å². The van der Waals surface area contributed by atoms with Crippen molar-refractivity contribution in [2.75, 3.05) is 0 Å². The summed E-state index contributed by atoms with van der Waals surface area (Å²) in [5, 5.41) is 0.0615. The van der Waals surface area contributed by atoms with Gasteiger partial charge in [0.25, 0.3) is 0 Å². The van der Waals surface area contributed by atoms with E-state index in [9.17, 15) is 9.59 Å². The number of hydrogen-bond acceptors (Lipinski definition) is 4. The molecule has 1 aliphatic carbocycles. The predicted octanol–water partition coefficient (Wildman–Crippen LogP) is 7.24. The molecule has 0 N–H and O–H groups in total. The van der Waals surface area contributed by atoms with Crippen LogP contribution in [0, 0.1) is 35.5 Å². The summed E-state index contributed by atoms with van der Waals surface area (Å²) in [5.74, 6) is 11.7. The molecule has 1 fully saturated rings. The van der Waals surface area contributed by atoms with Gasteiger partial charge in [-0.15, -0.1) is 23.7 Å². The van der Waals surface area contributed by atoms with Gasteiger partial charge in [0, 0.05) is 37.5 Å². The Morgan fingerprint density at radius 1 is 1.14 bits per heavy atom. The van der Waals surface area contributed by atoms with Crippen molar-refractivity contribution in [3.05, 3.63) is 12.2 Å². The lowest BCUT2D eigenvalue weighted by Crippen LogP contribution is -2.45. The highest BCUT2D eigenvalue weighted by atomic mass is 28.4. The quantitative estimate of drug-likeness (QED) is 0.0879. The molecule has 5 heteroatoms. The molecule has 1 saturated carbocycles. The minimum atomic E-state index is -2.05. The molecule has 4 atom stereocenters. The molecule has 0 aromatic rings. The van der Waals surface area contributed by atoms with Gasteiger partial charge in [0.15, 0.2) is 8.32 Å². The van der Waals surface area contributed by atoms with Gasteiger partial charge in [-0.25, -0.2) is 0 Å². The maximum absolute atomic E-state index is 13.0. The molecule has 0 aromatic heterocycles. The monoisotopic (exact) mass is 500 g/mol. The van der Waals surface area contributed by atoms with Crippen LogP contribution >= 0.6 is 0 Å². The minimum absolute atomic E-state index is 0.0512. The number of Topliss-reactive ketones (excluding diaryl/α,β-unsaturated/α-hetero) is 1. The van der Waals surface area contributed by atoms with E-state index in [-0.39, 0.29) is 40.8 Å². The summed E-state index contributed by atoms with van der Waals surface area (Å²) in [6.45, 7) is 16.9. The summed E-state index contributed by atoms with van der Waals surface area (Å²) in [7, 11) is -2.05. The number of hydrogen-bond donors (Lipinski definition) is 0. The highest BCUT2D eigenvalue weighted by molar-refractivity contribution is 6.74. The first kappa shape index (κ1) is 31.2. The standard InChI is InChI=1S/C30H48O4Si/c1-9-12-15-17-20-29(32)33-24(18-16-13-10-2)21-22-26-25(19-14-11-3)27(31)23-28(26)34-35(7,8)30(4,5)6/h21-22,24-26,28H,10,13,15-20,23H2,1-8H3/b22-21+/t24-,25+,26+,28+/m0/s1. The molecule has 0 unspecified atom stereocenters. The van der Waals surface area contributed by atoms with Crippen LogP contribution in [0.3, 0.4) is 0 Å². The van der Waals surface area contributed by atoms with Gasteiger partial charge in [0.2, 0.25) is 0 Å². The molecule has 1 rings (SSSR count). The molecular formula is C30H48O4Si. The molecule has 0 bridgehead atoms. The van der Waals surface area contributed by atoms with Crippen molar-refractivity contribution >= 4 is 20.1 Å². The molecular weight excluding hydrogens is 452 g/mol. The van der Waals surface area contributed by atoms with Crippen LogP contribution in [0.2, 0.25) is 18.1 Å². The van der Waals surface area contributed by atoms with Crippen LogP contribution in [0.15, 0.2) is 12.2 Å². The zero-order valence-corrected chi connectivity index (χ0v) is 24.5. The van der Waals surface area contributed by atoms with Gasteiger partial charge in [0.1, 0.15) is 11.9 Å². The molecule has 0 saturated heterocycles. The Bertz CT molecular complexity index is 828. The first-order chi connectivity index (χ1) is 16.5. The fourth-order valence-corrected chi connectivity index (χ4v) is 5.42. The van der Waals surface area contributed by atoms with E-state index >= 15 is 0 Å². The molecule has 4 nitrogen and oxygen atoms in total. The SMILES string of the molecule is CC#CCCCC(=O)O[C@H](/C=C/[C@H]1[C@H](O[Si](C)(C)C(C)(C)C)CC(=O)[C@@H]1CC#CC)CCCCC. The third kappa shape index (κ3) is 10.8. The molecule has 1 aliphatic rings. The molecule has 0 heterocycles. The second kappa shape index (κ2) is 15.3. The number of ketones is 1. The molecule has 0 radical (unpaired) electrons. The molecule has 196 valence electrons. The fraction of sp³-hybridized carbons (Fsp3) is 0.733. The van der Waals surface area contributed by atoms with Crippen LogP contribution in [0.4, 0.5) is 0 Å². The van der Waals surface area contributed by atoms with Gasteiger partial charge in [-0.05, 0) is 57.3 Å². The fourth-order valence-electron chi connectivity index (χ4n) is 4.07. The van der Waals surface area contributed by atoms with Crippen LogP contribution in [-0.2, 0) is 18.8 Å². The maximum atomic E-state index is 13.0. The van der Waals surface area contributed by atoms with Crippen LogP contribution in [-0.4, -0.2) is 32.3 Å². The Kier molecular flexibility index (Phi) is 13.7. The van der Waals surface area contributed by atoms with E-state index in [1.165, 1.54) is 0 Å². The predicted molar refractivity (Wildman–Crippen MR) is 147 cm³/mol. The topological polar surface area (TPSA) is 52.6 Å². The first-order valence-electron chi connectivity index (χ1n) is 13.3. The highest BCUT2D eigenvalue weighted by Crippen LogP contribution is 2.42.